The molecule has 7 heteroatoms. The maximum Gasteiger partial charge on any atom is 0.235 e. The van der Waals surface area contributed by atoms with Gasteiger partial charge in [-0.25, -0.2) is 0 Å². The zero-order chi connectivity index (χ0) is 13.8. The molecule has 0 aliphatic carbocycles. The number of aromatic nitrogens is 4. The first-order chi connectivity index (χ1) is 9.11. The quantitative estimate of drug-likeness (QED) is 0.852. The first-order valence-corrected chi connectivity index (χ1v) is 6.33. The third kappa shape index (κ3) is 3.08. The van der Waals surface area contributed by atoms with Crippen molar-refractivity contribution in [2.75, 3.05) is 5.88 Å². The van der Waals surface area contributed by atoms with Crippen molar-refractivity contribution in [3.05, 3.63) is 35.2 Å². The average Bonchev–Trinajstić information content (AvgIpc) is 2.87. The number of tetrazole rings is 1. The summed E-state index contributed by atoms with van der Waals surface area (Å²) in [6.07, 6.45) is 0. The van der Waals surface area contributed by atoms with E-state index in [1.807, 2.05) is 32.0 Å². The second kappa shape index (κ2) is 5.79. The monoisotopic (exact) mass is 279 g/mol. The summed E-state index contributed by atoms with van der Waals surface area (Å²) >= 11 is 5.42. The van der Waals surface area contributed by atoms with E-state index >= 15 is 0 Å². The molecule has 1 heterocycles. The zero-order valence-corrected chi connectivity index (χ0v) is 11.5. The maximum atomic E-state index is 11.1. The lowest BCUT2D eigenvalue weighted by molar-refractivity contribution is -0.118. The van der Waals surface area contributed by atoms with Gasteiger partial charge in [-0.05, 0) is 47.5 Å². The lowest BCUT2D eigenvalue weighted by atomic mass is 10.1. The van der Waals surface area contributed by atoms with E-state index in [9.17, 15) is 4.79 Å². The summed E-state index contributed by atoms with van der Waals surface area (Å²) in [6, 6.07) is 5.94. The Hall–Kier alpha value is -1.95. The summed E-state index contributed by atoms with van der Waals surface area (Å²) in [4.78, 5) is 11.1. The van der Waals surface area contributed by atoms with Gasteiger partial charge in [0.1, 0.15) is 5.88 Å². The van der Waals surface area contributed by atoms with E-state index in [-0.39, 0.29) is 18.3 Å². The van der Waals surface area contributed by atoms with Gasteiger partial charge in [0.05, 0.1) is 12.2 Å². The first-order valence-electron chi connectivity index (χ1n) is 5.79. The highest BCUT2D eigenvalue weighted by Gasteiger charge is 2.10. The summed E-state index contributed by atoms with van der Waals surface area (Å²) in [5.41, 5.74) is 3.22. The Labute approximate surface area is 115 Å². The Morgan fingerprint density at radius 2 is 2.16 bits per heavy atom. The molecule has 0 spiro atoms. The molecule has 0 unspecified atom stereocenters. The SMILES string of the molecule is Cc1ccc(-n2nnnc2CNC(=O)CCl)cc1C. The van der Waals surface area contributed by atoms with E-state index in [1.165, 1.54) is 5.56 Å². The summed E-state index contributed by atoms with van der Waals surface area (Å²) in [6.45, 7) is 4.31. The Kier molecular flexibility index (Phi) is 4.11. The molecule has 0 atom stereocenters. The molecule has 0 aliphatic heterocycles. The lowest BCUT2D eigenvalue weighted by Gasteiger charge is -2.07. The number of nitrogens with zero attached hydrogens (tertiary/aromatic N) is 4. The third-order valence-corrected chi connectivity index (χ3v) is 3.08. The largest absolute Gasteiger partial charge is 0.348 e. The predicted molar refractivity (Wildman–Crippen MR) is 71.2 cm³/mol. The van der Waals surface area contributed by atoms with Gasteiger partial charge < -0.3 is 5.32 Å². The molecule has 0 radical (unpaired) electrons. The predicted octanol–water partition coefficient (Wildman–Crippen LogP) is 1.13. The van der Waals surface area contributed by atoms with Crippen LogP contribution >= 0.6 is 11.6 Å². The fourth-order valence-electron chi connectivity index (χ4n) is 1.60. The van der Waals surface area contributed by atoms with E-state index in [0.717, 1.165) is 11.3 Å². The molecule has 6 nitrogen and oxygen atoms in total. The van der Waals surface area contributed by atoms with E-state index in [4.69, 9.17) is 11.6 Å². The standard InChI is InChI=1S/C12H14ClN5O/c1-8-3-4-10(5-9(8)2)18-11(15-16-17-18)7-14-12(19)6-13/h3-5H,6-7H2,1-2H3,(H,14,19). The van der Waals surface area contributed by atoms with Crippen LogP contribution in [0.25, 0.3) is 5.69 Å². The minimum Gasteiger partial charge on any atom is -0.348 e. The second-order valence-corrected chi connectivity index (χ2v) is 4.45. The van der Waals surface area contributed by atoms with E-state index in [1.54, 1.807) is 4.68 Å². The number of carbonyl (C=O) groups is 1. The van der Waals surface area contributed by atoms with Crippen LogP contribution in [0, 0.1) is 13.8 Å². The van der Waals surface area contributed by atoms with Gasteiger partial charge in [0.25, 0.3) is 0 Å². The number of hydrogen-bond donors (Lipinski definition) is 1. The van der Waals surface area contributed by atoms with E-state index < -0.39 is 0 Å². The zero-order valence-electron chi connectivity index (χ0n) is 10.7. The highest BCUT2D eigenvalue weighted by Crippen LogP contribution is 2.13. The topological polar surface area (TPSA) is 72.7 Å². The van der Waals surface area contributed by atoms with Crippen LogP contribution in [0.2, 0.25) is 0 Å². The molecule has 1 aromatic carbocycles. The molecule has 2 aromatic rings. The van der Waals surface area contributed by atoms with Gasteiger partial charge in [-0.3, -0.25) is 4.79 Å². The van der Waals surface area contributed by atoms with Crippen LogP contribution in [0.3, 0.4) is 0 Å². The van der Waals surface area contributed by atoms with Crippen LogP contribution in [-0.4, -0.2) is 32.0 Å². The van der Waals surface area contributed by atoms with Crippen molar-refractivity contribution >= 4 is 17.5 Å². The molecule has 100 valence electrons. The Balaban J connectivity index is 2.23. The summed E-state index contributed by atoms with van der Waals surface area (Å²) in [7, 11) is 0. The van der Waals surface area contributed by atoms with Crippen molar-refractivity contribution in [3.8, 4) is 5.69 Å². The lowest BCUT2D eigenvalue weighted by Crippen LogP contribution is -2.25. The van der Waals surface area contributed by atoms with Crippen molar-refractivity contribution in [3.63, 3.8) is 0 Å². The number of aryl methyl sites for hydroxylation is 2. The van der Waals surface area contributed by atoms with Crippen LogP contribution < -0.4 is 5.32 Å². The second-order valence-electron chi connectivity index (χ2n) is 4.19. The van der Waals surface area contributed by atoms with Gasteiger partial charge in [0.2, 0.25) is 5.91 Å². The first kappa shape index (κ1) is 13.5. The number of carbonyl (C=O) groups excluding carboxylic acids is 1. The fourth-order valence-corrected chi connectivity index (χ4v) is 1.69. The molecule has 1 N–H and O–H groups in total. The van der Waals surface area contributed by atoms with Gasteiger partial charge in [-0.2, -0.15) is 4.68 Å². The molecule has 0 aliphatic rings. The fraction of sp³-hybridized carbons (Fsp3) is 0.333. The Bertz CT molecular complexity index is 596. The Morgan fingerprint density at radius 3 is 2.84 bits per heavy atom. The summed E-state index contributed by atoms with van der Waals surface area (Å²) in [5, 5.41) is 14.1. The van der Waals surface area contributed by atoms with Crippen LogP contribution in [0.4, 0.5) is 0 Å². The molecule has 0 saturated carbocycles. The van der Waals surface area contributed by atoms with Crippen LogP contribution in [-0.2, 0) is 11.3 Å². The average molecular weight is 280 g/mol. The van der Waals surface area contributed by atoms with Gasteiger partial charge in [-0.1, -0.05) is 6.07 Å². The number of hydrogen-bond acceptors (Lipinski definition) is 4. The molecule has 2 rings (SSSR count). The third-order valence-electron chi connectivity index (χ3n) is 2.83. The minimum absolute atomic E-state index is 0.0782. The van der Waals surface area contributed by atoms with Crippen molar-refractivity contribution in [1.82, 2.24) is 25.5 Å². The van der Waals surface area contributed by atoms with E-state index in [2.05, 4.69) is 20.8 Å². The van der Waals surface area contributed by atoms with Crippen molar-refractivity contribution in [2.24, 2.45) is 0 Å². The molecular formula is C12H14ClN5O. The van der Waals surface area contributed by atoms with Gasteiger partial charge in [0.15, 0.2) is 5.82 Å². The highest BCUT2D eigenvalue weighted by atomic mass is 35.5. The summed E-state index contributed by atoms with van der Waals surface area (Å²) < 4.78 is 1.60. The molecule has 0 bridgehead atoms. The molecule has 0 saturated heterocycles. The molecule has 19 heavy (non-hydrogen) atoms. The maximum absolute atomic E-state index is 11.1. The van der Waals surface area contributed by atoms with Crippen LogP contribution in [0.1, 0.15) is 17.0 Å². The van der Waals surface area contributed by atoms with Crippen LogP contribution in [0.5, 0.6) is 0 Å². The highest BCUT2D eigenvalue weighted by molar-refractivity contribution is 6.27. The molecule has 1 aromatic heterocycles. The van der Waals surface area contributed by atoms with Crippen molar-refractivity contribution < 1.29 is 4.79 Å². The molecule has 1 amide bonds. The van der Waals surface area contributed by atoms with Crippen molar-refractivity contribution in [2.45, 2.75) is 20.4 Å². The molecular weight excluding hydrogens is 266 g/mol. The number of rotatable bonds is 4. The summed E-state index contributed by atoms with van der Waals surface area (Å²) in [5.74, 6) is 0.226. The number of benzene rings is 1. The number of halogens is 1. The minimum atomic E-state index is -0.253. The normalized spacial score (nSPS) is 10.5. The number of alkyl halides is 1. The smallest absolute Gasteiger partial charge is 0.235 e. The van der Waals surface area contributed by atoms with E-state index in [0.29, 0.717) is 5.82 Å². The number of amides is 1. The van der Waals surface area contributed by atoms with Crippen LogP contribution in [0.15, 0.2) is 18.2 Å². The molecule has 0 fully saturated rings. The van der Waals surface area contributed by atoms with Crippen molar-refractivity contribution in [1.29, 1.82) is 0 Å². The Morgan fingerprint density at radius 1 is 1.37 bits per heavy atom. The van der Waals surface area contributed by atoms with Gasteiger partial charge in [0, 0.05) is 0 Å². The number of nitrogens with one attached hydrogen (secondary N) is 1. The van der Waals surface area contributed by atoms with Gasteiger partial charge >= 0.3 is 0 Å². The van der Waals surface area contributed by atoms with Gasteiger partial charge in [-0.15, -0.1) is 16.7 Å².